The Bertz CT molecular complexity index is 1220. The average molecular weight is 467 g/mol. The summed E-state index contributed by atoms with van der Waals surface area (Å²) >= 11 is 0. The monoisotopic (exact) mass is 466 g/mol. The summed E-state index contributed by atoms with van der Waals surface area (Å²) in [6.07, 6.45) is 0. The van der Waals surface area contributed by atoms with Crippen molar-refractivity contribution in [1.29, 1.82) is 0 Å². The second kappa shape index (κ2) is 9.60. The third kappa shape index (κ3) is 4.49. The number of methoxy groups -OCH3 is 1. The van der Waals surface area contributed by atoms with Crippen molar-refractivity contribution in [2.75, 3.05) is 46.7 Å². The zero-order valence-electron chi connectivity index (χ0n) is 19.3. The van der Waals surface area contributed by atoms with Gasteiger partial charge in [0.2, 0.25) is 6.79 Å². The van der Waals surface area contributed by atoms with Crippen LogP contribution in [0.1, 0.15) is 23.0 Å². The maximum Gasteiger partial charge on any atom is 0.357 e. The molecule has 2 aliphatic heterocycles. The number of aromatic nitrogens is 1. The first kappa shape index (κ1) is 22.0. The van der Waals surface area contributed by atoms with Crippen LogP contribution in [-0.4, -0.2) is 62.7 Å². The fourth-order valence-electron chi connectivity index (χ4n) is 4.26. The van der Waals surface area contributed by atoms with Crippen LogP contribution in [0.25, 0.3) is 10.9 Å². The van der Waals surface area contributed by atoms with Gasteiger partial charge in [-0.15, -0.1) is 5.11 Å². The van der Waals surface area contributed by atoms with Crippen molar-refractivity contribution in [3.63, 3.8) is 0 Å². The van der Waals surface area contributed by atoms with Crippen LogP contribution < -0.4 is 19.1 Å². The van der Waals surface area contributed by atoms with E-state index < -0.39 is 5.97 Å². The standard InChI is InChI=1S/C24H27N5O5/c1-3-32-24(30)23-22(18-13-17(31-2)5-6-19(18)25-23)26-27-29-10-8-28(9-11-29)14-16-4-7-20-21(12-16)34-15-33-20/h4-7,12-13,25H,3,8-11,14-15H2,1-2H3/p+1. The fourth-order valence-corrected chi connectivity index (χ4v) is 4.26. The topological polar surface area (TPSA) is 102 Å². The quantitative estimate of drug-likeness (QED) is 0.410. The minimum Gasteiger partial charge on any atom is -0.497 e. The molecule has 34 heavy (non-hydrogen) atoms. The Morgan fingerprint density at radius 3 is 2.76 bits per heavy atom. The lowest BCUT2D eigenvalue weighted by Gasteiger charge is -2.29. The molecule has 0 saturated carbocycles. The second-order valence-corrected chi connectivity index (χ2v) is 8.24. The number of benzene rings is 2. The molecule has 10 heteroatoms. The van der Waals surface area contributed by atoms with Gasteiger partial charge in [0.25, 0.3) is 0 Å². The van der Waals surface area contributed by atoms with E-state index in [2.05, 4.69) is 27.5 Å². The number of H-pyrrole nitrogens is 1. The molecule has 3 aromatic rings. The molecule has 0 bridgehead atoms. The second-order valence-electron chi connectivity index (χ2n) is 8.24. The van der Waals surface area contributed by atoms with E-state index in [9.17, 15) is 4.79 Å². The highest BCUT2D eigenvalue weighted by Crippen LogP contribution is 2.34. The van der Waals surface area contributed by atoms with Gasteiger partial charge in [-0.1, -0.05) is 5.22 Å². The molecule has 5 rings (SSSR count). The summed E-state index contributed by atoms with van der Waals surface area (Å²) in [4.78, 5) is 17.1. The van der Waals surface area contributed by atoms with E-state index in [0.29, 0.717) is 17.1 Å². The van der Waals surface area contributed by atoms with Gasteiger partial charge < -0.3 is 28.8 Å². The van der Waals surface area contributed by atoms with Gasteiger partial charge in [-0.2, -0.15) is 0 Å². The van der Waals surface area contributed by atoms with Crippen LogP contribution in [0.3, 0.4) is 0 Å². The summed E-state index contributed by atoms with van der Waals surface area (Å²) in [6.45, 7) is 6.65. The predicted octanol–water partition coefficient (Wildman–Crippen LogP) is 2.48. The molecule has 0 atom stereocenters. The molecule has 1 aromatic heterocycles. The number of carbonyl (C=O) groups is 1. The lowest BCUT2D eigenvalue weighted by Crippen LogP contribution is -3.13. The van der Waals surface area contributed by atoms with Crippen LogP contribution in [0.15, 0.2) is 46.7 Å². The smallest absolute Gasteiger partial charge is 0.357 e. The Hall–Kier alpha value is -3.79. The zero-order valence-corrected chi connectivity index (χ0v) is 19.3. The van der Waals surface area contributed by atoms with E-state index in [1.807, 2.05) is 29.3 Å². The molecule has 2 N–H and O–H groups in total. The SMILES string of the molecule is CCOC(=O)c1[nH]c2ccc(OC)cc2c1N=NN1CC[NH+](Cc2ccc3c(c2)OCO3)CC1. The molecular weight excluding hydrogens is 438 g/mol. The first-order valence-corrected chi connectivity index (χ1v) is 11.4. The molecule has 0 radical (unpaired) electrons. The fraction of sp³-hybridized carbons (Fsp3) is 0.375. The van der Waals surface area contributed by atoms with Gasteiger partial charge in [-0.25, -0.2) is 4.79 Å². The number of rotatable bonds is 7. The minimum atomic E-state index is -0.454. The maximum absolute atomic E-state index is 12.5. The highest BCUT2D eigenvalue weighted by atomic mass is 16.7. The third-order valence-electron chi connectivity index (χ3n) is 6.07. The Morgan fingerprint density at radius 2 is 1.97 bits per heavy atom. The van der Waals surface area contributed by atoms with Gasteiger partial charge >= 0.3 is 5.97 Å². The number of esters is 1. The highest BCUT2D eigenvalue weighted by molar-refractivity contribution is 6.05. The summed E-state index contributed by atoms with van der Waals surface area (Å²) in [7, 11) is 1.60. The Labute approximate surface area is 197 Å². The molecular formula is C24H28N5O5+. The number of aromatic amines is 1. The first-order chi connectivity index (χ1) is 16.6. The van der Waals surface area contributed by atoms with Crippen LogP contribution in [0.5, 0.6) is 17.2 Å². The van der Waals surface area contributed by atoms with E-state index in [1.54, 1.807) is 14.0 Å². The summed E-state index contributed by atoms with van der Waals surface area (Å²) in [5, 5.41) is 11.6. The average Bonchev–Trinajstić information content (AvgIpc) is 3.47. The lowest BCUT2D eigenvalue weighted by atomic mass is 10.2. The van der Waals surface area contributed by atoms with Gasteiger partial charge in [-0.05, 0) is 43.3 Å². The van der Waals surface area contributed by atoms with Crippen LogP contribution in [0, 0.1) is 0 Å². The molecule has 0 aliphatic carbocycles. The summed E-state index contributed by atoms with van der Waals surface area (Å²) < 4.78 is 21.4. The zero-order chi connectivity index (χ0) is 23.5. The van der Waals surface area contributed by atoms with Gasteiger partial charge in [0, 0.05) is 16.5 Å². The van der Waals surface area contributed by atoms with E-state index >= 15 is 0 Å². The molecule has 0 spiro atoms. The maximum atomic E-state index is 12.5. The van der Waals surface area contributed by atoms with E-state index in [-0.39, 0.29) is 13.4 Å². The number of nitrogens with one attached hydrogen (secondary N) is 2. The van der Waals surface area contributed by atoms with Crippen molar-refractivity contribution in [2.45, 2.75) is 13.5 Å². The molecule has 178 valence electrons. The Kier molecular flexibility index (Phi) is 6.22. The van der Waals surface area contributed by atoms with Crippen molar-refractivity contribution in [3.8, 4) is 17.2 Å². The summed E-state index contributed by atoms with van der Waals surface area (Å²) in [5.41, 5.74) is 2.75. The number of quaternary nitrogens is 1. The summed E-state index contributed by atoms with van der Waals surface area (Å²) in [6, 6.07) is 11.7. The van der Waals surface area contributed by atoms with Crippen LogP contribution in [0.2, 0.25) is 0 Å². The molecule has 0 unspecified atom stereocenters. The normalized spacial score (nSPS) is 15.9. The molecule has 2 aromatic carbocycles. The molecule has 1 saturated heterocycles. The van der Waals surface area contributed by atoms with Gasteiger partial charge in [0.05, 0.1) is 39.9 Å². The van der Waals surface area contributed by atoms with E-state index in [0.717, 1.165) is 55.1 Å². The number of fused-ring (bicyclic) bond motifs is 2. The third-order valence-corrected chi connectivity index (χ3v) is 6.07. The molecule has 3 heterocycles. The lowest BCUT2D eigenvalue weighted by molar-refractivity contribution is -0.918. The molecule has 0 amide bonds. The van der Waals surface area contributed by atoms with Crippen molar-refractivity contribution in [2.24, 2.45) is 10.3 Å². The van der Waals surface area contributed by atoms with Crippen LogP contribution in [0.4, 0.5) is 5.69 Å². The number of nitrogens with zero attached hydrogens (tertiary/aromatic N) is 3. The number of hydrogen-bond acceptors (Lipinski definition) is 7. The first-order valence-electron chi connectivity index (χ1n) is 11.4. The highest BCUT2D eigenvalue weighted by Gasteiger charge is 2.23. The van der Waals surface area contributed by atoms with Gasteiger partial charge in [-0.3, -0.25) is 5.01 Å². The van der Waals surface area contributed by atoms with Crippen molar-refractivity contribution in [1.82, 2.24) is 9.99 Å². The minimum absolute atomic E-state index is 0.280. The van der Waals surface area contributed by atoms with Crippen LogP contribution >= 0.6 is 0 Å². The number of carbonyl (C=O) groups excluding carboxylic acids is 1. The van der Waals surface area contributed by atoms with Gasteiger partial charge in [0.1, 0.15) is 18.0 Å². The number of hydrogen-bond donors (Lipinski definition) is 2. The number of ether oxygens (including phenoxy) is 4. The molecule has 2 aliphatic rings. The molecule has 1 fully saturated rings. The Morgan fingerprint density at radius 1 is 1.15 bits per heavy atom. The summed E-state index contributed by atoms with van der Waals surface area (Å²) in [5.74, 6) is 1.85. The van der Waals surface area contributed by atoms with Crippen LogP contribution in [-0.2, 0) is 11.3 Å². The largest absolute Gasteiger partial charge is 0.497 e. The molecule has 10 nitrogen and oxygen atoms in total. The van der Waals surface area contributed by atoms with Crippen molar-refractivity contribution in [3.05, 3.63) is 47.7 Å². The van der Waals surface area contributed by atoms with E-state index in [1.165, 1.54) is 10.5 Å². The predicted molar refractivity (Wildman–Crippen MR) is 124 cm³/mol. The Balaban J connectivity index is 1.27. The van der Waals surface area contributed by atoms with Gasteiger partial charge in [0.15, 0.2) is 17.2 Å². The van der Waals surface area contributed by atoms with Crippen molar-refractivity contribution < 1.29 is 28.6 Å². The van der Waals surface area contributed by atoms with E-state index in [4.69, 9.17) is 18.9 Å². The number of piperazine rings is 1. The van der Waals surface area contributed by atoms with Crippen molar-refractivity contribution >= 4 is 22.6 Å².